The van der Waals surface area contributed by atoms with Crippen LogP contribution in [0.2, 0.25) is 0 Å². The molecule has 2 N–H and O–H groups in total. The molecule has 1 aliphatic rings. The summed E-state index contributed by atoms with van der Waals surface area (Å²) in [5.74, 6) is -1.16. The van der Waals surface area contributed by atoms with Crippen LogP contribution in [0.3, 0.4) is 0 Å². The predicted octanol–water partition coefficient (Wildman–Crippen LogP) is 4.06. The summed E-state index contributed by atoms with van der Waals surface area (Å²) in [5.41, 5.74) is 1.98. The van der Waals surface area contributed by atoms with Crippen LogP contribution in [-0.4, -0.2) is 19.1 Å². The van der Waals surface area contributed by atoms with E-state index in [4.69, 9.17) is 0 Å². The molecule has 0 aromatic heterocycles. The first kappa shape index (κ1) is 16.2. The van der Waals surface area contributed by atoms with Crippen LogP contribution in [0, 0.1) is 11.6 Å². The predicted molar refractivity (Wildman–Crippen MR) is 90.2 cm³/mol. The SMILES string of the molecule is CC[C@@H](Nc1cccc(N2CCNC2=O)c1)c1ccc(F)cc1F. The summed E-state index contributed by atoms with van der Waals surface area (Å²) in [4.78, 5) is 13.4. The van der Waals surface area contributed by atoms with E-state index in [0.29, 0.717) is 25.1 Å². The summed E-state index contributed by atoms with van der Waals surface area (Å²) in [7, 11) is 0. The van der Waals surface area contributed by atoms with Gasteiger partial charge in [0.05, 0.1) is 6.04 Å². The summed E-state index contributed by atoms with van der Waals surface area (Å²) in [6, 6.07) is 10.6. The Kier molecular flexibility index (Phi) is 4.64. The molecule has 24 heavy (non-hydrogen) atoms. The second-order valence-corrected chi connectivity index (χ2v) is 5.70. The lowest BCUT2D eigenvalue weighted by atomic mass is 10.0. The maximum atomic E-state index is 14.0. The number of benzene rings is 2. The van der Waals surface area contributed by atoms with Crippen molar-refractivity contribution in [3.8, 4) is 0 Å². The number of hydrogen-bond donors (Lipinski definition) is 2. The van der Waals surface area contributed by atoms with Gasteiger partial charge in [-0.05, 0) is 30.7 Å². The van der Waals surface area contributed by atoms with Crippen LogP contribution in [0.25, 0.3) is 0 Å². The fraction of sp³-hybridized carbons (Fsp3) is 0.278. The van der Waals surface area contributed by atoms with E-state index in [9.17, 15) is 13.6 Å². The van der Waals surface area contributed by atoms with Gasteiger partial charge in [-0.3, -0.25) is 4.90 Å². The molecule has 6 heteroatoms. The number of carbonyl (C=O) groups is 1. The van der Waals surface area contributed by atoms with Crippen molar-refractivity contribution in [2.45, 2.75) is 19.4 Å². The van der Waals surface area contributed by atoms with E-state index in [2.05, 4.69) is 10.6 Å². The van der Waals surface area contributed by atoms with Gasteiger partial charge in [0.2, 0.25) is 0 Å². The largest absolute Gasteiger partial charge is 0.378 e. The van der Waals surface area contributed by atoms with Crippen molar-refractivity contribution in [1.29, 1.82) is 0 Å². The number of amides is 2. The molecule has 2 aromatic carbocycles. The lowest BCUT2D eigenvalue weighted by Crippen LogP contribution is -2.27. The molecule has 0 aliphatic carbocycles. The van der Waals surface area contributed by atoms with E-state index in [1.165, 1.54) is 12.1 Å². The van der Waals surface area contributed by atoms with Gasteiger partial charge in [0, 0.05) is 36.1 Å². The third-order valence-corrected chi connectivity index (χ3v) is 4.10. The number of hydrogen-bond acceptors (Lipinski definition) is 2. The number of halogens is 2. The zero-order valence-electron chi connectivity index (χ0n) is 13.4. The molecule has 2 aromatic rings. The summed E-state index contributed by atoms with van der Waals surface area (Å²) in [6.45, 7) is 3.17. The molecule has 1 atom stereocenters. The Labute approximate surface area is 139 Å². The minimum Gasteiger partial charge on any atom is -0.378 e. The molecule has 0 bridgehead atoms. The number of nitrogens with one attached hydrogen (secondary N) is 2. The normalized spacial score (nSPS) is 15.3. The van der Waals surface area contributed by atoms with Crippen LogP contribution in [0.5, 0.6) is 0 Å². The lowest BCUT2D eigenvalue weighted by molar-refractivity contribution is 0.252. The van der Waals surface area contributed by atoms with Crippen LogP contribution in [-0.2, 0) is 0 Å². The van der Waals surface area contributed by atoms with Gasteiger partial charge in [-0.25, -0.2) is 13.6 Å². The van der Waals surface area contributed by atoms with E-state index < -0.39 is 11.6 Å². The quantitative estimate of drug-likeness (QED) is 0.868. The fourth-order valence-electron chi connectivity index (χ4n) is 2.87. The minimum absolute atomic E-state index is 0.122. The number of nitrogens with zero attached hydrogens (tertiary/aromatic N) is 1. The van der Waals surface area contributed by atoms with Crippen molar-refractivity contribution >= 4 is 17.4 Å². The Morgan fingerprint density at radius 2 is 2.08 bits per heavy atom. The highest BCUT2D eigenvalue weighted by molar-refractivity contribution is 5.94. The third-order valence-electron chi connectivity index (χ3n) is 4.10. The monoisotopic (exact) mass is 331 g/mol. The van der Waals surface area contributed by atoms with Crippen molar-refractivity contribution in [3.05, 3.63) is 59.7 Å². The molecule has 1 heterocycles. The zero-order valence-corrected chi connectivity index (χ0v) is 13.4. The van der Waals surface area contributed by atoms with Gasteiger partial charge in [0.1, 0.15) is 11.6 Å². The molecule has 1 saturated heterocycles. The second kappa shape index (κ2) is 6.86. The minimum atomic E-state index is -0.590. The lowest BCUT2D eigenvalue weighted by Gasteiger charge is -2.21. The third kappa shape index (κ3) is 3.32. The summed E-state index contributed by atoms with van der Waals surface area (Å²) in [6.07, 6.45) is 0.636. The van der Waals surface area contributed by atoms with E-state index >= 15 is 0 Å². The molecule has 0 radical (unpaired) electrons. The van der Waals surface area contributed by atoms with Gasteiger partial charge in [-0.2, -0.15) is 0 Å². The van der Waals surface area contributed by atoms with Gasteiger partial charge in [-0.1, -0.05) is 19.1 Å². The molecular weight excluding hydrogens is 312 g/mol. The average molecular weight is 331 g/mol. The molecule has 3 rings (SSSR count). The van der Waals surface area contributed by atoms with Crippen molar-refractivity contribution in [3.63, 3.8) is 0 Å². The molecule has 1 fully saturated rings. The zero-order chi connectivity index (χ0) is 17.1. The molecule has 0 spiro atoms. The average Bonchev–Trinajstić information content (AvgIpc) is 2.99. The van der Waals surface area contributed by atoms with Crippen molar-refractivity contribution in [2.75, 3.05) is 23.3 Å². The van der Waals surface area contributed by atoms with E-state index in [1.54, 1.807) is 4.90 Å². The van der Waals surface area contributed by atoms with Crippen molar-refractivity contribution < 1.29 is 13.6 Å². The summed E-state index contributed by atoms with van der Waals surface area (Å²) >= 11 is 0. The van der Waals surface area contributed by atoms with Gasteiger partial charge in [-0.15, -0.1) is 0 Å². The highest BCUT2D eigenvalue weighted by atomic mass is 19.1. The first-order valence-corrected chi connectivity index (χ1v) is 7.95. The van der Waals surface area contributed by atoms with Gasteiger partial charge >= 0.3 is 6.03 Å². The molecule has 1 aliphatic heterocycles. The molecule has 126 valence electrons. The number of carbonyl (C=O) groups excluding carboxylic acids is 1. The Morgan fingerprint density at radius 1 is 1.25 bits per heavy atom. The Balaban J connectivity index is 1.82. The molecule has 0 unspecified atom stereocenters. The molecule has 4 nitrogen and oxygen atoms in total. The van der Waals surface area contributed by atoms with Crippen molar-refractivity contribution in [1.82, 2.24) is 5.32 Å². The first-order valence-electron chi connectivity index (χ1n) is 7.95. The Hall–Kier alpha value is -2.63. The van der Waals surface area contributed by atoms with Crippen molar-refractivity contribution in [2.24, 2.45) is 0 Å². The second-order valence-electron chi connectivity index (χ2n) is 5.70. The highest BCUT2D eigenvalue weighted by Crippen LogP contribution is 2.28. The number of urea groups is 1. The topological polar surface area (TPSA) is 44.4 Å². The number of anilines is 2. The van der Waals surface area contributed by atoms with E-state index in [-0.39, 0.29) is 12.1 Å². The highest BCUT2D eigenvalue weighted by Gasteiger charge is 2.21. The number of rotatable bonds is 5. The van der Waals surface area contributed by atoms with Crippen LogP contribution < -0.4 is 15.5 Å². The smallest absolute Gasteiger partial charge is 0.321 e. The van der Waals surface area contributed by atoms with Crippen LogP contribution in [0.4, 0.5) is 25.0 Å². The Bertz CT molecular complexity index is 751. The van der Waals surface area contributed by atoms with Crippen LogP contribution >= 0.6 is 0 Å². The summed E-state index contributed by atoms with van der Waals surface area (Å²) < 4.78 is 27.1. The van der Waals surface area contributed by atoms with Gasteiger partial charge < -0.3 is 10.6 Å². The molecule has 0 saturated carbocycles. The maximum absolute atomic E-state index is 14.0. The first-order chi connectivity index (χ1) is 11.6. The fourth-order valence-corrected chi connectivity index (χ4v) is 2.87. The van der Waals surface area contributed by atoms with E-state index in [0.717, 1.165) is 17.4 Å². The summed E-state index contributed by atoms with van der Waals surface area (Å²) in [5, 5.41) is 6.02. The van der Waals surface area contributed by atoms with E-state index in [1.807, 2.05) is 31.2 Å². The van der Waals surface area contributed by atoms with Crippen LogP contribution in [0.1, 0.15) is 24.9 Å². The Morgan fingerprint density at radius 3 is 2.75 bits per heavy atom. The van der Waals surface area contributed by atoms with Crippen LogP contribution in [0.15, 0.2) is 42.5 Å². The molecule has 2 amide bonds. The molecular formula is C18H19F2N3O. The van der Waals surface area contributed by atoms with Gasteiger partial charge in [0.15, 0.2) is 0 Å². The van der Waals surface area contributed by atoms with Gasteiger partial charge in [0.25, 0.3) is 0 Å². The standard InChI is InChI=1S/C18H19F2N3O/c1-2-17(15-7-6-12(19)10-16(15)20)22-13-4-3-5-14(11-13)23-9-8-21-18(23)24/h3-7,10-11,17,22H,2,8-9H2,1H3,(H,21,24)/t17-/m1/s1. The maximum Gasteiger partial charge on any atom is 0.321 e.